The van der Waals surface area contributed by atoms with Gasteiger partial charge in [-0.1, -0.05) is 24.3 Å². The molecule has 13 nitrogen and oxygen atoms in total. The number of amides is 2. The first-order chi connectivity index (χ1) is 21.2. The summed E-state index contributed by atoms with van der Waals surface area (Å²) >= 11 is 0. The number of hydrogen-bond acceptors (Lipinski definition) is 10. The monoisotopic (exact) mass is 619 g/mol. The molecule has 2 heterocycles. The van der Waals surface area contributed by atoms with Crippen LogP contribution in [0.15, 0.2) is 71.6 Å². The van der Waals surface area contributed by atoms with E-state index in [9.17, 15) is 18.0 Å². The number of fused-ring (bicyclic) bond motifs is 1. The van der Waals surface area contributed by atoms with E-state index < -0.39 is 22.0 Å². The smallest absolute Gasteiger partial charge is 0.263 e. The van der Waals surface area contributed by atoms with Crippen LogP contribution in [0, 0.1) is 0 Å². The zero-order valence-electron chi connectivity index (χ0n) is 24.3. The van der Waals surface area contributed by atoms with E-state index in [1.807, 2.05) is 4.90 Å². The number of hydrogen-bond donors (Lipinski definition) is 3. The average molecular weight is 620 g/mol. The molecule has 0 radical (unpaired) electrons. The Morgan fingerprint density at radius 3 is 2.23 bits per heavy atom. The number of para-hydroxylation sites is 2. The van der Waals surface area contributed by atoms with E-state index in [-0.39, 0.29) is 16.5 Å². The molecule has 1 saturated heterocycles. The summed E-state index contributed by atoms with van der Waals surface area (Å²) in [5.74, 6) is 0.535. The van der Waals surface area contributed by atoms with Gasteiger partial charge in [0.15, 0.2) is 11.6 Å². The van der Waals surface area contributed by atoms with Crippen molar-refractivity contribution in [2.45, 2.75) is 17.4 Å². The fraction of sp³-hybridized carbons (Fsp3) is 0.267. The first-order valence-electron chi connectivity index (χ1n) is 13.8. The number of nitrogens with one attached hydrogen (secondary N) is 2. The van der Waals surface area contributed by atoms with Crippen LogP contribution in [0.5, 0.6) is 11.5 Å². The second-order valence-electron chi connectivity index (χ2n) is 10.1. The van der Waals surface area contributed by atoms with Crippen LogP contribution >= 0.6 is 0 Å². The standard InChI is InChI=1S/C30H33N7O6S/c1-42-22-16-21(17-23(18-22)43-2)32-29-30(34-26-10-4-3-9-25(26)33-29)35-44(40,41)24-8-5-7-20(15-24)27(28(31)39)37-12-6-11-36(19-38)13-14-37/h3-5,7-10,15-19,27H,6,11-14H2,1-2H3,(H2,31,39)(H,32,33)(H,34,35). The minimum atomic E-state index is -4.22. The lowest BCUT2D eigenvalue weighted by Crippen LogP contribution is -2.40. The molecule has 1 aliphatic rings. The Morgan fingerprint density at radius 1 is 0.909 bits per heavy atom. The van der Waals surface area contributed by atoms with Gasteiger partial charge in [0.2, 0.25) is 12.3 Å². The molecule has 0 spiro atoms. The maximum absolute atomic E-state index is 13.8. The van der Waals surface area contributed by atoms with E-state index in [0.717, 1.165) is 6.41 Å². The number of ether oxygens (including phenoxy) is 2. The predicted octanol–water partition coefficient (Wildman–Crippen LogP) is 2.88. The third-order valence-corrected chi connectivity index (χ3v) is 8.59. The van der Waals surface area contributed by atoms with Crippen molar-refractivity contribution in [2.24, 2.45) is 5.73 Å². The van der Waals surface area contributed by atoms with Crippen molar-refractivity contribution in [1.29, 1.82) is 0 Å². The zero-order valence-corrected chi connectivity index (χ0v) is 25.1. The van der Waals surface area contributed by atoms with Gasteiger partial charge in [0.1, 0.15) is 17.5 Å². The Hall–Kier alpha value is -4.95. The highest BCUT2D eigenvalue weighted by atomic mass is 32.2. The highest BCUT2D eigenvalue weighted by molar-refractivity contribution is 7.92. The van der Waals surface area contributed by atoms with Crippen molar-refractivity contribution < 1.29 is 27.5 Å². The molecule has 5 rings (SSSR count). The number of rotatable bonds is 11. The Labute approximate surface area is 255 Å². The summed E-state index contributed by atoms with van der Waals surface area (Å²) < 4.78 is 40.8. The Kier molecular flexibility index (Phi) is 9.11. The van der Waals surface area contributed by atoms with Crippen molar-refractivity contribution in [3.05, 3.63) is 72.3 Å². The maximum atomic E-state index is 13.8. The summed E-state index contributed by atoms with van der Waals surface area (Å²) in [6.07, 6.45) is 1.43. The molecule has 2 amide bonds. The molecule has 1 atom stereocenters. The Morgan fingerprint density at radius 2 is 1.59 bits per heavy atom. The molecule has 3 aromatic carbocycles. The number of anilines is 3. The van der Waals surface area contributed by atoms with E-state index in [1.165, 1.54) is 26.4 Å². The van der Waals surface area contributed by atoms with Gasteiger partial charge in [-0.25, -0.2) is 18.4 Å². The molecule has 4 N–H and O–H groups in total. The molecule has 4 aromatic rings. The van der Waals surface area contributed by atoms with Crippen LogP contribution in [0.4, 0.5) is 17.3 Å². The lowest BCUT2D eigenvalue weighted by Gasteiger charge is -2.28. The van der Waals surface area contributed by atoms with E-state index in [1.54, 1.807) is 59.5 Å². The van der Waals surface area contributed by atoms with Gasteiger partial charge in [-0.15, -0.1) is 0 Å². The third-order valence-electron chi connectivity index (χ3n) is 7.25. The molecular weight excluding hydrogens is 586 g/mol. The van der Waals surface area contributed by atoms with E-state index >= 15 is 0 Å². The van der Waals surface area contributed by atoms with Gasteiger partial charge in [0.05, 0.1) is 30.1 Å². The minimum Gasteiger partial charge on any atom is -0.497 e. The number of carbonyl (C=O) groups is 2. The van der Waals surface area contributed by atoms with Gasteiger partial charge in [-0.05, 0) is 36.2 Å². The molecule has 14 heteroatoms. The van der Waals surface area contributed by atoms with Crippen molar-refractivity contribution in [3.63, 3.8) is 0 Å². The SMILES string of the molecule is COc1cc(Nc2nc3ccccc3nc2NS(=O)(=O)c2cccc(C(C(N)=O)N3CCCN(C=O)CC3)c2)cc(OC)c1. The second-order valence-corrected chi connectivity index (χ2v) is 11.8. The Bertz CT molecular complexity index is 1760. The Balaban J connectivity index is 1.49. The molecule has 1 aromatic heterocycles. The third kappa shape index (κ3) is 6.82. The van der Waals surface area contributed by atoms with E-state index in [4.69, 9.17) is 15.2 Å². The van der Waals surface area contributed by atoms with Crippen LogP contribution in [0.25, 0.3) is 11.0 Å². The number of methoxy groups -OCH3 is 2. The lowest BCUT2D eigenvalue weighted by molar-refractivity contribution is -0.123. The van der Waals surface area contributed by atoms with Crippen LogP contribution in [0.3, 0.4) is 0 Å². The van der Waals surface area contributed by atoms with E-state index in [0.29, 0.717) is 66.4 Å². The number of aromatic nitrogens is 2. The number of carbonyl (C=O) groups excluding carboxylic acids is 2. The predicted molar refractivity (Wildman–Crippen MR) is 165 cm³/mol. The lowest BCUT2D eigenvalue weighted by atomic mass is 10.0. The van der Waals surface area contributed by atoms with Gasteiger partial charge in [-0.2, -0.15) is 0 Å². The van der Waals surface area contributed by atoms with Crippen molar-refractivity contribution in [3.8, 4) is 11.5 Å². The van der Waals surface area contributed by atoms with Crippen molar-refractivity contribution in [2.75, 3.05) is 50.4 Å². The van der Waals surface area contributed by atoms with Crippen LogP contribution in [0.1, 0.15) is 18.0 Å². The molecule has 230 valence electrons. The van der Waals surface area contributed by atoms with Gasteiger partial charge in [-0.3, -0.25) is 19.2 Å². The van der Waals surface area contributed by atoms with Crippen molar-refractivity contribution >= 4 is 50.7 Å². The summed E-state index contributed by atoms with van der Waals surface area (Å²) in [4.78, 5) is 36.5. The molecular formula is C30H33N7O6S. The van der Waals surface area contributed by atoms with Gasteiger partial charge < -0.3 is 25.4 Å². The molecule has 0 bridgehead atoms. The number of nitrogens with two attached hydrogens (primary N) is 1. The number of nitrogens with zero attached hydrogens (tertiary/aromatic N) is 4. The summed E-state index contributed by atoms with van der Waals surface area (Å²) in [6.45, 7) is 1.93. The highest BCUT2D eigenvalue weighted by Crippen LogP contribution is 2.32. The summed E-state index contributed by atoms with van der Waals surface area (Å²) in [7, 11) is -1.17. The molecule has 0 saturated carbocycles. The number of primary amides is 1. The quantitative estimate of drug-likeness (QED) is 0.212. The second kappa shape index (κ2) is 13.1. The molecule has 44 heavy (non-hydrogen) atoms. The summed E-state index contributed by atoms with van der Waals surface area (Å²) in [5, 5.41) is 3.13. The van der Waals surface area contributed by atoms with Crippen LogP contribution < -0.4 is 25.2 Å². The number of benzene rings is 3. The van der Waals surface area contributed by atoms with Crippen molar-refractivity contribution in [1.82, 2.24) is 19.8 Å². The normalized spacial score (nSPS) is 14.8. The molecule has 1 fully saturated rings. The molecule has 1 aliphatic heterocycles. The van der Waals surface area contributed by atoms with Gasteiger partial charge in [0.25, 0.3) is 10.0 Å². The van der Waals surface area contributed by atoms with Crippen LogP contribution in [0.2, 0.25) is 0 Å². The summed E-state index contributed by atoms with van der Waals surface area (Å²) in [6, 6.07) is 17.4. The topological polar surface area (TPSA) is 169 Å². The first-order valence-corrected chi connectivity index (χ1v) is 15.3. The fourth-order valence-electron chi connectivity index (χ4n) is 5.09. The average Bonchev–Trinajstić information content (AvgIpc) is 3.26. The van der Waals surface area contributed by atoms with Gasteiger partial charge >= 0.3 is 0 Å². The van der Waals surface area contributed by atoms with Crippen LogP contribution in [-0.4, -0.2) is 80.9 Å². The highest BCUT2D eigenvalue weighted by Gasteiger charge is 2.29. The molecule has 1 unspecified atom stereocenters. The van der Waals surface area contributed by atoms with E-state index in [2.05, 4.69) is 20.0 Å². The zero-order chi connectivity index (χ0) is 31.3. The van der Waals surface area contributed by atoms with Crippen LogP contribution in [-0.2, 0) is 19.6 Å². The minimum absolute atomic E-state index is 0.0381. The van der Waals surface area contributed by atoms with Gasteiger partial charge in [0, 0.05) is 50.1 Å². The first kappa shape index (κ1) is 30.5. The maximum Gasteiger partial charge on any atom is 0.263 e. The molecule has 0 aliphatic carbocycles. The fourth-order valence-corrected chi connectivity index (χ4v) is 6.15. The summed E-state index contributed by atoms with van der Waals surface area (Å²) in [5.41, 5.74) is 7.79. The largest absolute Gasteiger partial charge is 0.497 e. The number of sulfonamides is 1.